The van der Waals surface area contributed by atoms with Crippen molar-refractivity contribution in [2.45, 2.75) is 6.54 Å². The summed E-state index contributed by atoms with van der Waals surface area (Å²) in [5.74, 6) is 0.198. The van der Waals surface area contributed by atoms with Crippen molar-refractivity contribution in [2.24, 2.45) is 0 Å². The SMILES string of the molecule is COc1cc(CNc2cc(OC)c(F)cc2N)ccn1. The molecule has 2 rings (SSSR count). The average Bonchev–Trinajstić information content (AvgIpc) is 2.46. The highest BCUT2D eigenvalue weighted by Crippen LogP contribution is 2.28. The number of benzene rings is 1. The lowest BCUT2D eigenvalue weighted by atomic mass is 10.2. The van der Waals surface area contributed by atoms with Gasteiger partial charge in [-0.2, -0.15) is 0 Å². The lowest BCUT2D eigenvalue weighted by Gasteiger charge is -2.12. The van der Waals surface area contributed by atoms with Crippen LogP contribution in [0.2, 0.25) is 0 Å². The summed E-state index contributed by atoms with van der Waals surface area (Å²) in [6, 6.07) is 6.42. The van der Waals surface area contributed by atoms with Crippen LogP contribution in [0, 0.1) is 5.82 Å². The summed E-state index contributed by atoms with van der Waals surface area (Å²) in [5, 5.41) is 3.13. The second-order valence-electron chi connectivity index (χ2n) is 4.13. The first-order chi connectivity index (χ1) is 9.63. The Morgan fingerprint density at radius 2 is 2.05 bits per heavy atom. The van der Waals surface area contributed by atoms with Crippen LogP contribution in [0.4, 0.5) is 15.8 Å². The van der Waals surface area contributed by atoms with Gasteiger partial charge < -0.3 is 20.5 Å². The van der Waals surface area contributed by atoms with E-state index in [1.54, 1.807) is 13.3 Å². The van der Waals surface area contributed by atoms with Gasteiger partial charge in [0.25, 0.3) is 0 Å². The smallest absolute Gasteiger partial charge is 0.213 e. The van der Waals surface area contributed by atoms with Crippen LogP contribution < -0.4 is 20.5 Å². The predicted octanol–water partition coefficient (Wildman–Crippen LogP) is 2.43. The van der Waals surface area contributed by atoms with E-state index in [1.807, 2.05) is 12.1 Å². The lowest BCUT2D eigenvalue weighted by molar-refractivity contribution is 0.387. The number of nitrogen functional groups attached to an aromatic ring is 1. The molecule has 0 aliphatic carbocycles. The second-order valence-corrected chi connectivity index (χ2v) is 4.13. The van der Waals surface area contributed by atoms with Gasteiger partial charge in [0, 0.05) is 30.9 Å². The van der Waals surface area contributed by atoms with Crippen LogP contribution in [-0.2, 0) is 6.54 Å². The van der Waals surface area contributed by atoms with Crippen LogP contribution in [0.5, 0.6) is 11.6 Å². The number of aromatic nitrogens is 1. The van der Waals surface area contributed by atoms with E-state index < -0.39 is 5.82 Å². The third-order valence-electron chi connectivity index (χ3n) is 2.82. The molecule has 0 aliphatic rings. The van der Waals surface area contributed by atoms with Crippen LogP contribution in [0.1, 0.15) is 5.56 Å². The molecule has 106 valence electrons. The van der Waals surface area contributed by atoms with Crippen molar-refractivity contribution < 1.29 is 13.9 Å². The summed E-state index contributed by atoms with van der Waals surface area (Å²) >= 11 is 0. The number of nitrogens with zero attached hydrogens (tertiary/aromatic N) is 1. The maximum Gasteiger partial charge on any atom is 0.213 e. The number of ether oxygens (including phenoxy) is 2. The summed E-state index contributed by atoms with van der Waals surface area (Å²) in [5.41, 5.74) is 7.68. The van der Waals surface area contributed by atoms with E-state index >= 15 is 0 Å². The minimum atomic E-state index is -0.485. The van der Waals surface area contributed by atoms with Crippen molar-refractivity contribution >= 4 is 11.4 Å². The number of nitrogens with two attached hydrogens (primary N) is 1. The zero-order valence-electron chi connectivity index (χ0n) is 11.3. The first kappa shape index (κ1) is 13.9. The normalized spacial score (nSPS) is 10.2. The van der Waals surface area contributed by atoms with Crippen LogP contribution in [0.3, 0.4) is 0 Å². The van der Waals surface area contributed by atoms with Crippen molar-refractivity contribution in [2.75, 3.05) is 25.3 Å². The highest BCUT2D eigenvalue weighted by Gasteiger charge is 2.08. The van der Waals surface area contributed by atoms with Gasteiger partial charge in [0.15, 0.2) is 11.6 Å². The van der Waals surface area contributed by atoms with Crippen molar-refractivity contribution in [1.29, 1.82) is 0 Å². The fraction of sp³-hybridized carbons (Fsp3) is 0.214. The minimum absolute atomic E-state index is 0.147. The number of pyridine rings is 1. The average molecular weight is 277 g/mol. The third kappa shape index (κ3) is 3.09. The first-order valence-electron chi connectivity index (χ1n) is 6.00. The molecule has 6 heteroatoms. The number of anilines is 2. The number of methoxy groups -OCH3 is 2. The molecular weight excluding hydrogens is 261 g/mol. The Labute approximate surface area is 116 Å². The van der Waals surface area contributed by atoms with Gasteiger partial charge in [-0.3, -0.25) is 0 Å². The topological polar surface area (TPSA) is 69.4 Å². The molecule has 0 fully saturated rings. The van der Waals surface area contributed by atoms with Gasteiger partial charge in [-0.15, -0.1) is 0 Å². The van der Waals surface area contributed by atoms with Crippen LogP contribution >= 0.6 is 0 Å². The molecule has 0 saturated carbocycles. The molecule has 0 amide bonds. The molecule has 0 aliphatic heterocycles. The highest BCUT2D eigenvalue weighted by molar-refractivity contribution is 5.68. The fourth-order valence-corrected chi connectivity index (χ4v) is 1.75. The summed E-state index contributed by atoms with van der Waals surface area (Å²) in [6.45, 7) is 0.512. The first-order valence-corrected chi connectivity index (χ1v) is 6.00. The Morgan fingerprint density at radius 1 is 1.25 bits per heavy atom. The molecule has 5 nitrogen and oxygen atoms in total. The highest BCUT2D eigenvalue weighted by atomic mass is 19.1. The van der Waals surface area contributed by atoms with Gasteiger partial charge in [-0.05, 0) is 11.6 Å². The van der Waals surface area contributed by atoms with E-state index in [-0.39, 0.29) is 5.75 Å². The van der Waals surface area contributed by atoms with Crippen LogP contribution in [0.15, 0.2) is 30.5 Å². The monoisotopic (exact) mass is 277 g/mol. The van der Waals surface area contributed by atoms with Crippen LogP contribution in [-0.4, -0.2) is 19.2 Å². The lowest BCUT2D eigenvalue weighted by Crippen LogP contribution is -2.04. The van der Waals surface area contributed by atoms with E-state index in [9.17, 15) is 4.39 Å². The molecule has 0 spiro atoms. The number of halogens is 1. The van der Waals surface area contributed by atoms with E-state index in [0.29, 0.717) is 23.8 Å². The number of rotatable bonds is 5. The summed E-state index contributed by atoms with van der Waals surface area (Å²) in [6.07, 6.45) is 1.66. The van der Waals surface area contributed by atoms with E-state index in [0.717, 1.165) is 5.56 Å². The van der Waals surface area contributed by atoms with Gasteiger partial charge in [0.1, 0.15) is 0 Å². The molecule has 1 heterocycles. The van der Waals surface area contributed by atoms with Crippen LogP contribution in [0.25, 0.3) is 0 Å². The number of hydrogen-bond donors (Lipinski definition) is 2. The standard InChI is InChI=1S/C14H16FN3O2/c1-19-13-7-12(11(16)6-10(13)15)18-8-9-3-4-17-14(5-9)20-2/h3-7,18H,8,16H2,1-2H3. The Kier molecular flexibility index (Phi) is 4.24. The molecule has 0 unspecified atom stereocenters. The van der Waals surface area contributed by atoms with E-state index in [1.165, 1.54) is 19.2 Å². The largest absolute Gasteiger partial charge is 0.494 e. The van der Waals surface area contributed by atoms with Crippen molar-refractivity contribution in [1.82, 2.24) is 4.98 Å². The molecule has 2 aromatic rings. The summed E-state index contributed by atoms with van der Waals surface area (Å²) < 4.78 is 23.4. The third-order valence-corrected chi connectivity index (χ3v) is 2.82. The maximum absolute atomic E-state index is 13.4. The van der Waals surface area contributed by atoms with E-state index in [2.05, 4.69) is 10.3 Å². The number of nitrogens with one attached hydrogen (secondary N) is 1. The second kappa shape index (κ2) is 6.10. The summed E-state index contributed by atoms with van der Waals surface area (Å²) in [7, 11) is 2.97. The Morgan fingerprint density at radius 3 is 2.75 bits per heavy atom. The minimum Gasteiger partial charge on any atom is -0.494 e. The zero-order chi connectivity index (χ0) is 14.5. The molecule has 0 bridgehead atoms. The van der Waals surface area contributed by atoms with Gasteiger partial charge in [0.2, 0.25) is 5.88 Å². The molecule has 0 saturated heterocycles. The zero-order valence-corrected chi connectivity index (χ0v) is 11.3. The predicted molar refractivity (Wildman–Crippen MR) is 75.5 cm³/mol. The van der Waals surface area contributed by atoms with Gasteiger partial charge >= 0.3 is 0 Å². The van der Waals surface area contributed by atoms with Gasteiger partial charge in [0.05, 0.1) is 25.6 Å². The molecule has 0 radical (unpaired) electrons. The molecule has 0 atom stereocenters. The molecule has 3 N–H and O–H groups in total. The van der Waals surface area contributed by atoms with Gasteiger partial charge in [-0.25, -0.2) is 9.37 Å². The van der Waals surface area contributed by atoms with Gasteiger partial charge in [-0.1, -0.05) is 0 Å². The molecule has 20 heavy (non-hydrogen) atoms. The Hall–Kier alpha value is -2.50. The quantitative estimate of drug-likeness (QED) is 0.821. The Bertz CT molecular complexity index is 605. The molecule has 1 aromatic heterocycles. The molecule has 1 aromatic carbocycles. The van der Waals surface area contributed by atoms with Crippen molar-refractivity contribution in [3.05, 3.63) is 41.8 Å². The van der Waals surface area contributed by atoms with Crippen molar-refractivity contribution in [3.63, 3.8) is 0 Å². The fourth-order valence-electron chi connectivity index (χ4n) is 1.75. The Balaban J connectivity index is 2.14. The maximum atomic E-state index is 13.4. The summed E-state index contributed by atoms with van der Waals surface area (Å²) in [4.78, 5) is 4.03. The number of hydrogen-bond acceptors (Lipinski definition) is 5. The van der Waals surface area contributed by atoms with E-state index in [4.69, 9.17) is 15.2 Å². The molecular formula is C14H16FN3O2. The van der Waals surface area contributed by atoms with Crippen molar-refractivity contribution in [3.8, 4) is 11.6 Å².